The van der Waals surface area contributed by atoms with Crippen LogP contribution in [0.3, 0.4) is 0 Å². The Morgan fingerprint density at radius 1 is 1.32 bits per heavy atom. The molecule has 0 spiro atoms. The van der Waals surface area contributed by atoms with Gasteiger partial charge in [-0.05, 0) is 25.1 Å². The van der Waals surface area contributed by atoms with Gasteiger partial charge in [-0.1, -0.05) is 12.1 Å². The summed E-state index contributed by atoms with van der Waals surface area (Å²) in [7, 11) is 1.75. The van der Waals surface area contributed by atoms with E-state index in [9.17, 15) is 4.79 Å². The molecule has 0 N–H and O–H groups in total. The zero-order chi connectivity index (χ0) is 17.4. The molecule has 2 aromatic heterocycles. The number of amides is 1. The van der Waals surface area contributed by atoms with Crippen LogP contribution in [-0.4, -0.2) is 51.7 Å². The van der Waals surface area contributed by atoms with E-state index in [4.69, 9.17) is 9.47 Å². The van der Waals surface area contributed by atoms with Gasteiger partial charge >= 0.3 is 0 Å². The van der Waals surface area contributed by atoms with E-state index in [0.29, 0.717) is 30.2 Å². The zero-order valence-electron chi connectivity index (χ0n) is 14.0. The third-order valence-corrected chi connectivity index (χ3v) is 4.10. The number of carbonyl (C=O) groups is 1. The maximum absolute atomic E-state index is 12.9. The van der Waals surface area contributed by atoms with Crippen LogP contribution in [0.1, 0.15) is 16.2 Å². The number of fused-ring (bicyclic) bond motifs is 2. The van der Waals surface area contributed by atoms with Crippen molar-refractivity contribution in [1.29, 1.82) is 0 Å². The van der Waals surface area contributed by atoms with Gasteiger partial charge in [-0.3, -0.25) is 4.79 Å². The molecular formula is C18H18N4O3. The van der Waals surface area contributed by atoms with Gasteiger partial charge in [0.2, 0.25) is 0 Å². The van der Waals surface area contributed by atoms with E-state index in [0.717, 1.165) is 11.4 Å². The van der Waals surface area contributed by atoms with Crippen LogP contribution in [0.5, 0.6) is 11.5 Å². The van der Waals surface area contributed by atoms with Crippen molar-refractivity contribution in [2.75, 3.05) is 20.2 Å². The predicted molar refractivity (Wildman–Crippen MR) is 91.0 cm³/mol. The molecule has 7 nitrogen and oxygen atoms in total. The molecule has 1 aliphatic rings. The van der Waals surface area contributed by atoms with Gasteiger partial charge in [0.05, 0.1) is 12.7 Å². The molecule has 0 unspecified atom stereocenters. The van der Waals surface area contributed by atoms with Crippen LogP contribution in [0.4, 0.5) is 0 Å². The van der Waals surface area contributed by atoms with Gasteiger partial charge in [0.1, 0.15) is 12.3 Å². The van der Waals surface area contributed by atoms with Crippen molar-refractivity contribution in [3.05, 3.63) is 54.0 Å². The number of hydrogen-bond donors (Lipinski definition) is 0. The minimum Gasteiger partial charge on any atom is -0.486 e. The zero-order valence-corrected chi connectivity index (χ0v) is 14.0. The Balaban J connectivity index is 1.52. The maximum atomic E-state index is 12.9. The SMILES string of the molecule is Cc1cc(C(=O)N(C)C[C@@H]2COc3ccccc3O2)n2nccc2n1. The van der Waals surface area contributed by atoms with E-state index in [1.807, 2.05) is 31.2 Å². The van der Waals surface area contributed by atoms with Crippen LogP contribution in [0.15, 0.2) is 42.6 Å². The topological polar surface area (TPSA) is 69.0 Å². The van der Waals surface area contributed by atoms with Crippen molar-refractivity contribution < 1.29 is 14.3 Å². The quantitative estimate of drug-likeness (QED) is 0.730. The monoisotopic (exact) mass is 338 g/mol. The van der Waals surface area contributed by atoms with E-state index in [1.54, 1.807) is 34.8 Å². The average Bonchev–Trinajstić information content (AvgIpc) is 3.08. The summed E-state index contributed by atoms with van der Waals surface area (Å²) in [6, 6.07) is 11.1. The summed E-state index contributed by atoms with van der Waals surface area (Å²) < 4.78 is 13.2. The number of aryl methyl sites for hydroxylation is 1. The second-order valence-electron chi connectivity index (χ2n) is 6.07. The molecule has 3 aromatic rings. The summed E-state index contributed by atoms with van der Waals surface area (Å²) in [6.07, 6.45) is 1.41. The molecule has 7 heteroatoms. The van der Waals surface area contributed by atoms with E-state index < -0.39 is 0 Å². The first-order valence-electron chi connectivity index (χ1n) is 8.07. The Kier molecular flexibility index (Phi) is 3.76. The number of nitrogens with zero attached hydrogens (tertiary/aromatic N) is 4. The minimum atomic E-state index is -0.222. The number of carbonyl (C=O) groups excluding carboxylic acids is 1. The highest BCUT2D eigenvalue weighted by atomic mass is 16.6. The number of aromatic nitrogens is 3. The molecule has 1 amide bonds. The standard InChI is InChI=1S/C18H18N4O3/c1-12-9-14(22-17(20-12)7-8-19-22)18(23)21(2)10-13-11-24-15-5-3-4-6-16(15)25-13/h3-9,13H,10-11H2,1-2H3/t13-/m1/s1. The van der Waals surface area contributed by atoms with Crippen molar-refractivity contribution in [3.63, 3.8) is 0 Å². The van der Waals surface area contributed by atoms with Gasteiger partial charge in [0.25, 0.3) is 5.91 Å². The summed E-state index contributed by atoms with van der Waals surface area (Å²) in [5.74, 6) is 1.30. The van der Waals surface area contributed by atoms with Crippen molar-refractivity contribution >= 4 is 11.6 Å². The minimum absolute atomic E-state index is 0.137. The highest BCUT2D eigenvalue weighted by Gasteiger charge is 2.25. The van der Waals surface area contributed by atoms with E-state index >= 15 is 0 Å². The van der Waals surface area contributed by atoms with Gasteiger partial charge in [-0.25, -0.2) is 9.50 Å². The van der Waals surface area contributed by atoms with E-state index in [-0.39, 0.29) is 12.0 Å². The van der Waals surface area contributed by atoms with Crippen LogP contribution >= 0.6 is 0 Å². The fraction of sp³-hybridized carbons (Fsp3) is 0.278. The lowest BCUT2D eigenvalue weighted by Crippen LogP contribution is -2.42. The van der Waals surface area contributed by atoms with Gasteiger partial charge in [-0.15, -0.1) is 0 Å². The van der Waals surface area contributed by atoms with E-state index in [1.165, 1.54) is 0 Å². The Labute approximate surface area is 144 Å². The summed E-state index contributed by atoms with van der Waals surface area (Å²) in [6.45, 7) is 2.68. The first kappa shape index (κ1) is 15.4. The number of para-hydroxylation sites is 2. The van der Waals surface area contributed by atoms with Gasteiger partial charge in [0, 0.05) is 18.8 Å². The molecule has 0 fully saturated rings. The number of likely N-dealkylation sites (N-methyl/N-ethyl adjacent to an activating group) is 1. The second-order valence-corrected chi connectivity index (χ2v) is 6.07. The maximum Gasteiger partial charge on any atom is 0.272 e. The number of hydrogen-bond acceptors (Lipinski definition) is 5. The van der Waals surface area contributed by atoms with Crippen molar-refractivity contribution in [3.8, 4) is 11.5 Å². The summed E-state index contributed by atoms with van der Waals surface area (Å²) in [4.78, 5) is 18.9. The normalized spacial score (nSPS) is 16.0. The highest BCUT2D eigenvalue weighted by molar-refractivity contribution is 5.93. The van der Waals surface area contributed by atoms with Crippen molar-refractivity contribution in [2.45, 2.75) is 13.0 Å². The molecular weight excluding hydrogens is 320 g/mol. The molecule has 0 bridgehead atoms. The van der Waals surface area contributed by atoms with Crippen LogP contribution in [0.2, 0.25) is 0 Å². The van der Waals surface area contributed by atoms with Gasteiger partial charge in [-0.2, -0.15) is 5.10 Å². The van der Waals surface area contributed by atoms with Crippen LogP contribution in [-0.2, 0) is 0 Å². The molecule has 3 heterocycles. The number of rotatable bonds is 3. The molecule has 1 aliphatic heterocycles. The Hall–Kier alpha value is -3.09. The number of ether oxygens (including phenoxy) is 2. The third kappa shape index (κ3) is 2.88. The third-order valence-electron chi connectivity index (χ3n) is 4.10. The molecule has 1 atom stereocenters. The van der Waals surface area contributed by atoms with Gasteiger partial charge < -0.3 is 14.4 Å². The highest BCUT2D eigenvalue weighted by Crippen LogP contribution is 2.31. The Morgan fingerprint density at radius 3 is 2.96 bits per heavy atom. The molecule has 0 saturated heterocycles. The van der Waals surface area contributed by atoms with Crippen molar-refractivity contribution in [2.24, 2.45) is 0 Å². The average molecular weight is 338 g/mol. The molecule has 1 aromatic carbocycles. The fourth-order valence-corrected chi connectivity index (χ4v) is 2.93. The van der Waals surface area contributed by atoms with E-state index in [2.05, 4.69) is 10.1 Å². The smallest absolute Gasteiger partial charge is 0.272 e. The number of benzene rings is 1. The summed E-state index contributed by atoms with van der Waals surface area (Å²) in [5.41, 5.74) is 1.91. The molecule has 4 rings (SSSR count). The molecule has 128 valence electrons. The van der Waals surface area contributed by atoms with Gasteiger partial charge in [0.15, 0.2) is 23.3 Å². The first-order chi connectivity index (χ1) is 12.1. The van der Waals surface area contributed by atoms with Crippen molar-refractivity contribution in [1.82, 2.24) is 19.5 Å². The lowest BCUT2D eigenvalue weighted by molar-refractivity contribution is 0.0515. The molecule has 0 radical (unpaired) electrons. The molecule has 0 saturated carbocycles. The summed E-state index contributed by atoms with van der Waals surface area (Å²) >= 11 is 0. The molecule has 25 heavy (non-hydrogen) atoms. The predicted octanol–water partition coefficient (Wildman–Crippen LogP) is 1.95. The lowest BCUT2D eigenvalue weighted by atomic mass is 10.2. The Bertz CT molecular complexity index is 937. The van der Waals surface area contributed by atoms with Crippen LogP contribution in [0.25, 0.3) is 5.65 Å². The van der Waals surface area contributed by atoms with Crippen LogP contribution < -0.4 is 9.47 Å². The Morgan fingerprint density at radius 2 is 2.12 bits per heavy atom. The fourth-order valence-electron chi connectivity index (χ4n) is 2.93. The molecule has 0 aliphatic carbocycles. The summed E-state index contributed by atoms with van der Waals surface area (Å²) in [5, 5.41) is 4.19. The van der Waals surface area contributed by atoms with Crippen LogP contribution in [0, 0.1) is 6.92 Å². The lowest BCUT2D eigenvalue weighted by Gasteiger charge is -2.29. The first-order valence-corrected chi connectivity index (χ1v) is 8.07. The largest absolute Gasteiger partial charge is 0.486 e. The second kappa shape index (κ2) is 6.08.